The van der Waals surface area contributed by atoms with Crippen LogP contribution >= 0.6 is 0 Å². The van der Waals surface area contributed by atoms with Crippen molar-refractivity contribution in [3.8, 4) is 0 Å². The van der Waals surface area contributed by atoms with Crippen LogP contribution < -0.4 is 5.32 Å². The monoisotopic (exact) mass is 238 g/mol. The Morgan fingerprint density at radius 2 is 2.12 bits per heavy atom. The predicted octanol–water partition coefficient (Wildman–Crippen LogP) is 2.17. The van der Waals surface area contributed by atoms with Gasteiger partial charge in [0.2, 0.25) is 5.91 Å². The lowest BCUT2D eigenvalue weighted by Gasteiger charge is -2.32. The molecule has 2 atom stereocenters. The fraction of sp³-hybridized carbons (Fsp3) is 0.929. The molecule has 1 saturated heterocycles. The summed E-state index contributed by atoms with van der Waals surface area (Å²) >= 11 is 0. The van der Waals surface area contributed by atoms with Gasteiger partial charge in [-0.1, -0.05) is 20.3 Å². The normalized spacial score (nSPS) is 29.1. The van der Waals surface area contributed by atoms with E-state index in [1.54, 1.807) is 0 Å². The number of piperidine rings is 1. The Balaban J connectivity index is 1.90. The van der Waals surface area contributed by atoms with Gasteiger partial charge in [-0.05, 0) is 44.6 Å². The molecule has 2 unspecified atom stereocenters. The third-order valence-electron chi connectivity index (χ3n) is 3.99. The van der Waals surface area contributed by atoms with Gasteiger partial charge >= 0.3 is 0 Å². The van der Waals surface area contributed by atoms with Gasteiger partial charge in [-0.15, -0.1) is 0 Å². The topological polar surface area (TPSA) is 32.3 Å². The van der Waals surface area contributed by atoms with Crippen molar-refractivity contribution < 1.29 is 4.79 Å². The summed E-state index contributed by atoms with van der Waals surface area (Å²) < 4.78 is 0. The van der Waals surface area contributed by atoms with Crippen molar-refractivity contribution in [2.45, 2.75) is 64.5 Å². The summed E-state index contributed by atoms with van der Waals surface area (Å²) in [6.45, 7) is 6.42. The molecule has 1 saturated carbocycles. The van der Waals surface area contributed by atoms with Crippen molar-refractivity contribution in [2.24, 2.45) is 5.92 Å². The van der Waals surface area contributed by atoms with Crippen LogP contribution in [0.25, 0.3) is 0 Å². The van der Waals surface area contributed by atoms with Crippen LogP contribution in [0.5, 0.6) is 0 Å². The van der Waals surface area contributed by atoms with Gasteiger partial charge in [-0.2, -0.15) is 0 Å². The second-order valence-electron chi connectivity index (χ2n) is 5.75. The van der Waals surface area contributed by atoms with Crippen LogP contribution in [-0.4, -0.2) is 36.0 Å². The van der Waals surface area contributed by atoms with Crippen molar-refractivity contribution in [1.82, 2.24) is 10.2 Å². The summed E-state index contributed by atoms with van der Waals surface area (Å²) in [6.07, 6.45) is 6.99. The zero-order valence-electron chi connectivity index (χ0n) is 11.2. The van der Waals surface area contributed by atoms with Crippen LogP contribution in [0.3, 0.4) is 0 Å². The summed E-state index contributed by atoms with van der Waals surface area (Å²) in [5.74, 6) is 1.06. The highest BCUT2D eigenvalue weighted by molar-refractivity contribution is 5.82. The first-order chi connectivity index (χ1) is 8.22. The van der Waals surface area contributed by atoms with Gasteiger partial charge in [0.1, 0.15) is 0 Å². The van der Waals surface area contributed by atoms with Gasteiger partial charge in [0, 0.05) is 12.6 Å². The molecule has 1 heterocycles. The molecule has 1 aliphatic heterocycles. The highest BCUT2D eigenvalue weighted by atomic mass is 16.2. The Morgan fingerprint density at radius 3 is 2.71 bits per heavy atom. The maximum atomic E-state index is 12.5. The number of carbonyl (C=O) groups excluding carboxylic acids is 1. The summed E-state index contributed by atoms with van der Waals surface area (Å²) in [7, 11) is 0. The Labute approximate surface area is 105 Å². The molecule has 98 valence electrons. The third-order valence-corrected chi connectivity index (χ3v) is 3.99. The molecule has 3 heteroatoms. The molecule has 0 radical (unpaired) electrons. The van der Waals surface area contributed by atoms with E-state index < -0.39 is 0 Å². The zero-order chi connectivity index (χ0) is 12.3. The average molecular weight is 238 g/mol. The quantitative estimate of drug-likeness (QED) is 0.796. The van der Waals surface area contributed by atoms with Gasteiger partial charge in [-0.25, -0.2) is 0 Å². The maximum absolute atomic E-state index is 12.5. The van der Waals surface area contributed by atoms with Gasteiger partial charge < -0.3 is 10.2 Å². The van der Waals surface area contributed by atoms with Crippen LogP contribution in [0.4, 0.5) is 0 Å². The fourth-order valence-electron chi connectivity index (χ4n) is 2.68. The number of hydrogen-bond acceptors (Lipinski definition) is 2. The lowest BCUT2D eigenvalue weighted by molar-refractivity contribution is -0.135. The highest BCUT2D eigenvalue weighted by Gasteiger charge is 2.36. The number of nitrogens with zero attached hydrogens (tertiary/aromatic N) is 1. The number of carbonyl (C=O) groups is 1. The molecule has 2 fully saturated rings. The third kappa shape index (κ3) is 3.44. The Hall–Kier alpha value is -0.570. The molecular weight excluding hydrogens is 212 g/mol. The van der Waals surface area contributed by atoms with Gasteiger partial charge in [0.25, 0.3) is 0 Å². The highest BCUT2D eigenvalue weighted by Crippen LogP contribution is 2.29. The molecule has 2 aliphatic rings. The number of hydrogen-bond donors (Lipinski definition) is 1. The lowest BCUT2D eigenvalue weighted by Crippen LogP contribution is -2.51. The summed E-state index contributed by atoms with van der Waals surface area (Å²) in [4.78, 5) is 14.6. The minimum atomic E-state index is 0.0937. The first-order valence-electron chi connectivity index (χ1n) is 7.26. The number of unbranched alkanes of at least 4 members (excludes halogenated alkanes) is 1. The van der Waals surface area contributed by atoms with Gasteiger partial charge in [0.15, 0.2) is 0 Å². The molecule has 3 nitrogen and oxygen atoms in total. The van der Waals surface area contributed by atoms with E-state index in [-0.39, 0.29) is 6.04 Å². The van der Waals surface area contributed by atoms with Crippen LogP contribution in [0.15, 0.2) is 0 Å². The van der Waals surface area contributed by atoms with Crippen LogP contribution in [0.1, 0.15) is 52.4 Å². The van der Waals surface area contributed by atoms with E-state index >= 15 is 0 Å². The second-order valence-corrected chi connectivity index (χ2v) is 5.75. The van der Waals surface area contributed by atoms with Crippen molar-refractivity contribution in [1.29, 1.82) is 0 Å². The summed E-state index contributed by atoms with van der Waals surface area (Å²) in [5.41, 5.74) is 0. The SMILES string of the molecule is CCCCN(C(=O)C1CC(C)CCN1)C1CC1. The molecule has 1 N–H and O–H groups in total. The van der Waals surface area contributed by atoms with E-state index in [0.717, 1.165) is 25.9 Å². The summed E-state index contributed by atoms with van der Waals surface area (Å²) in [5, 5.41) is 3.40. The average Bonchev–Trinajstić information content (AvgIpc) is 3.14. The maximum Gasteiger partial charge on any atom is 0.239 e. The van der Waals surface area contributed by atoms with Crippen molar-refractivity contribution in [3.63, 3.8) is 0 Å². The molecule has 1 amide bonds. The smallest absolute Gasteiger partial charge is 0.239 e. The van der Waals surface area contributed by atoms with Crippen LogP contribution in [-0.2, 0) is 4.79 Å². The number of nitrogens with one attached hydrogen (secondary N) is 1. The zero-order valence-corrected chi connectivity index (χ0v) is 11.2. The van der Waals surface area contributed by atoms with Crippen molar-refractivity contribution in [2.75, 3.05) is 13.1 Å². The first-order valence-corrected chi connectivity index (χ1v) is 7.26. The minimum absolute atomic E-state index is 0.0937. The Bertz CT molecular complexity index is 263. The molecule has 0 aromatic carbocycles. The molecule has 2 rings (SSSR count). The summed E-state index contributed by atoms with van der Waals surface area (Å²) in [6, 6.07) is 0.657. The van der Waals surface area contributed by atoms with Crippen molar-refractivity contribution in [3.05, 3.63) is 0 Å². The molecule has 17 heavy (non-hydrogen) atoms. The molecule has 0 bridgehead atoms. The van der Waals surface area contributed by atoms with E-state index in [0.29, 0.717) is 17.9 Å². The number of rotatable bonds is 5. The van der Waals surface area contributed by atoms with E-state index in [4.69, 9.17) is 0 Å². The fourth-order valence-corrected chi connectivity index (χ4v) is 2.68. The second kappa shape index (κ2) is 5.85. The molecule has 1 aliphatic carbocycles. The largest absolute Gasteiger partial charge is 0.338 e. The first kappa shape index (κ1) is 12.9. The predicted molar refractivity (Wildman–Crippen MR) is 69.8 cm³/mol. The lowest BCUT2D eigenvalue weighted by atomic mass is 9.93. The van der Waals surface area contributed by atoms with E-state index in [1.165, 1.54) is 25.7 Å². The Morgan fingerprint density at radius 1 is 1.35 bits per heavy atom. The molecule has 0 aromatic heterocycles. The Kier molecular flexibility index (Phi) is 4.43. The van der Waals surface area contributed by atoms with Gasteiger partial charge in [0.05, 0.1) is 6.04 Å². The van der Waals surface area contributed by atoms with Crippen LogP contribution in [0, 0.1) is 5.92 Å². The molecule has 0 spiro atoms. The standard InChI is InChI=1S/C14H26N2O/c1-3-4-9-16(12-5-6-12)14(17)13-10-11(2)7-8-15-13/h11-13,15H,3-10H2,1-2H3. The van der Waals surface area contributed by atoms with E-state index in [9.17, 15) is 4.79 Å². The van der Waals surface area contributed by atoms with Crippen molar-refractivity contribution >= 4 is 5.91 Å². The van der Waals surface area contributed by atoms with E-state index in [2.05, 4.69) is 24.1 Å². The number of amides is 1. The molecule has 0 aromatic rings. The van der Waals surface area contributed by atoms with Crippen LogP contribution in [0.2, 0.25) is 0 Å². The van der Waals surface area contributed by atoms with E-state index in [1.807, 2.05) is 0 Å². The minimum Gasteiger partial charge on any atom is -0.338 e. The van der Waals surface area contributed by atoms with Gasteiger partial charge in [-0.3, -0.25) is 4.79 Å². The molecular formula is C14H26N2O.